The quantitative estimate of drug-likeness (QED) is 0.126. The van der Waals surface area contributed by atoms with E-state index in [9.17, 15) is 28.8 Å². The fourth-order valence-corrected chi connectivity index (χ4v) is 4.10. The number of hydrogen-bond donors (Lipinski definition) is 0. The summed E-state index contributed by atoms with van der Waals surface area (Å²) in [6.07, 6.45) is 0.0717. The van der Waals surface area contributed by atoms with Crippen LogP contribution in [0, 0.1) is 0 Å². The minimum Gasteiger partial charge on any atom is -0.491 e. The van der Waals surface area contributed by atoms with Crippen molar-refractivity contribution in [2.75, 3.05) is 66.1 Å². The normalized spacial score (nSPS) is 14.3. The van der Waals surface area contributed by atoms with Crippen molar-refractivity contribution < 1.29 is 71.6 Å². The zero-order valence-electron chi connectivity index (χ0n) is 26.5. The van der Waals surface area contributed by atoms with Crippen molar-refractivity contribution in [1.29, 1.82) is 0 Å². The lowest BCUT2D eigenvalue weighted by Gasteiger charge is -2.13. The van der Waals surface area contributed by atoms with E-state index in [0.29, 0.717) is 86.0 Å². The van der Waals surface area contributed by atoms with Crippen molar-refractivity contribution in [3.8, 4) is 23.0 Å². The summed E-state index contributed by atoms with van der Waals surface area (Å²) < 4.78 is 38.2. The zero-order valence-corrected chi connectivity index (χ0v) is 26.5. The number of carbonyl (C=O) groups excluding carboxylic acids is 6. The average molecular weight is 689 g/mol. The van der Waals surface area contributed by atoms with Gasteiger partial charge in [0.25, 0.3) is 23.6 Å². The molecule has 2 aromatic carbocycles. The van der Waals surface area contributed by atoms with Gasteiger partial charge < -0.3 is 42.8 Å². The Labute approximate surface area is 280 Å². The van der Waals surface area contributed by atoms with Crippen LogP contribution in [0.1, 0.15) is 25.7 Å². The first-order valence-corrected chi connectivity index (χ1v) is 15.4. The minimum absolute atomic E-state index is 0.0179. The van der Waals surface area contributed by atoms with Crippen LogP contribution in [0.3, 0.4) is 0 Å². The highest BCUT2D eigenvalue weighted by molar-refractivity contribution is 6.02. The van der Waals surface area contributed by atoms with Crippen LogP contribution >= 0.6 is 0 Å². The van der Waals surface area contributed by atoms with Crippen molar-refractivity contribution in [2.45, 2.75) is 25.7 Å². The number of carbonyl (C=O) groups is 6. The third-order valence-corrected chi connectivity index (χ3v) is 6.50. The molecule has 0 aromatic heterocycles. The minimum atomic E-state index is -0.864. The zero-order chi connectivity index (χ0) is 34.8. The van der Waals surface area contributed by atoms with Crippen LogP contribution in [0.15, 0.2) is 48.5 Å². The van der Waals surface area contributed by atoms with Crippen LogP contribution in [-0.2, 0) is 52.7 Å². The summed E-state index contributed by atoms with van der Waals surface area (Å²) in [5.41, 5.74) is 0. The molecule has 4 rings (SSSR count). The van der Waals surface area contributed by atoms with E-state index in [-0.39, 0.29) is 25.7 Å². The Kier molecular flexibility index (Phi) is 14.6. The number of benzene rings is 2. The van der Waals surface area contributed by atoms with Crippen LogP contribution in [0.25, 0.3) is 0 Å². The number of hydroxylamine groups is 4. The third kappa shape index (κ3) is 12.7. The standard InChI is InChI=1S/C32H36N2O15/c35-27-9-10-28(36)33(27)48-31(39)21-46-25-5-1-23(2-6-25)44-19-17-42-15-13-41-14-16-43-18-20-45-24-3-7-26(8-4-24)47-22-32(40)49-34-29(37)11-12-30(34)38/h1-8H,9-22H2. The van der Waals surface area contributed by atoms with E-state index in [1.54, 1.807) is 48.5 Å². The third-order valence-electron chi connectivity index (χ3n) is 6.50. The van der Waals surface area contributed by atoms with E-state index in [4.69, 9.17) is 42.8 Å². The number of amides is 4. The summed E-state index contributed by atoms with van der Waals surface area (Å²) >= 11 is 0. The molecule has 0 saturated carbocycles. The molecule has 0 spiro atoms. The van der Waals surface area contributed by atoms with E-state index in [1.165, 1.54) is 0 Å². The first-order chi connectivity index (χ1) is 23.8. The Bertz CT molecular complexity index is 1290. The maximum atomic E-state index is 11.8. The average Bonchev–Trinajstić information content (AvgIpc) is 3.59. The molecule has 0 bridgehead atoms. The van der Waals surface area contributed by atoms with E-state index >= 15 is 0 Å². The maximum absolute atomic E-state index is 11.8. The van der Waals surface area contributed by atoms with Crippen molar-refractivity contribution >= 4 is 35.6 Å². The molecule has 2 heterocycles. The summed E-state index contributed by atoms with van der Waals surface area (Å²) in [5.74, 6) is -2.06. The van der Waals surface area contributed by atoms with Gasteiger partial charge in [-0.05, 0) is 48.5 Å². The first-order valence-electron chi connectivity index (χ1n) is 15.4. The lowest BCUT2D eigenvalue weighted by molar-refractivity contribution is -0.198. The van der Waals surface area contributed by atoms with E-state index in [1.807, 2.05) is 0 Å². The number of imide groups is 2. The SMILES string of the molecule is O=C(COc1ccc(OCCOCCOCCOCCOc2ccc(OCC(=O)ON3C(=O)CCC3=O)cc2)cc1)ON1C(=O)CCC1=O. The van der Waals surface area contributed by atoms with Crippen molar-refractivity contribution in [1.82, 2.24) is 10.1 Å². The van der Waals surface area contributed by atoms with Gasteiger partial charge in [-0.25, -0.2) is 9.59 Å². The molecule has 2 aliphatic rings. The van der Waals surface area contributed by atoms with Gasteiger partial charge in [-0.2, -0.15) is 0 Å². The van der Waals surface area contributed by atoms with Gasteiger partial charge in [0, 0.05) is 25.7 Å². The van der Waals surface area contributed by atoms with Gasteiger partial charge in [-0.3, -0.25) is 19.2 Å². The molecule has 264 valence electrons. The molecule has 17 nitrogen and oxygen atoms in total. The fraction of sp³-hybridized carbons (Fsp3) is 0.438. The molecule has 4 amide bonds. The van der Waals surface area contributed by atoms with Crippen LogP contribution in [0.4, 0.5) is 0 Å². The van der Waals surface area contributed by atoms with Crippen LogP contribution in [-0.4, -0.2) is 112 Å². The number of hydrogen-bond acceptors (Lipinski definition) is 15. The molecule has 2 aliphatic heterocycles. The predicted octanol–water partition coefficient (Wildman–Crippen LogP) is 1.17. The molecule has 2 fully saturated rings. The lowest BCUT2D eigenvalue weighted by atomic mass is 10.3. The summed E-state index contributed by atoms with van der Waals surface area (Å²) in [4.78, 5) is 79.1. The maximum Gasteiger partial charge on any atom is 0.370 e. The molecule has 2 aromatic rings. The summed E-state index contributed by atoms with van der Waals surface area (Å²) in [6.45, 7) is 1.89. The Morgan fingerprint density at radius 3 is 1.00 bits per heavy atom. The highest BCUT2D eigenvalue weighted by Gasteiger charge is 2.33. The Morgan fingerprint density at radius 2 is 0.694 bits per heavy atom. The smallest absolute Gasteiger partial charge is 0.370 e. The monoisotopic (exact) mass is 688 g/mol. The summed E-state index contributed by atoms with van der Waals surface area (Å²) in [6, 6.07) is 13.0. The highest BCUT2D eigenvalue weighted by Crippen LogP contribution is 2.19. The van der Waals surface area contributed by atoms with Gasteiger partial charge in [-0.1, -0.05) is 0 Å². The van der Waals surface area contributed by atoms with Crippen molar-refractivity contribution in [2.24, 2.45) is 0 Å². The molecule has 17 heteroatoms. The number of ether oxygens (including phenoxy) is 7. The van der Waals surface area contributed by atoms with Gasteiger partial charge >= 0.3 is 11.9 Å². The van der Waals surface area contributed by atoms with Gasteiger partial charge in [0.15, 0.2) is 13.2 Å². The van der Waals surface area contributed by atoms with E-state index < -0.39 is 48.8 Å². The lowest BCUT2D eigenvalue weighted by Crippen LogP contribution is -2.33. The first kappa shape index (κ1) is 36.6. The fourth-order valence-electron chi connectivity index (χ4n) is 4.10. The second-order valence-corrected chi connectivity index (χ2v) is 10.1. The second-order valence-electron chi connectivity index (χ2n) is 10.1. The molecule has 2 saturated heterocycles. The topological polar surface area (TPSA) is 192 Å². The van der Waals surface area contributed by atoms with Crippen LogP contribution in [0.5, 0.6) is 23.0 Å². The van der Waals surface area contributed by atoms with E-state index in [2.05, 4.69) is 0 Å². The second kappa shape index (κ2) is 19.5. The van der Waals surface area contributed by atoms with E-state index in [0.717, 1.165) is 0 Å². The van der Waals surface area contributed by atoms with Gasteiger partial charge in [0.05, 0.1) is 39.6 Å². The van der Waals surface area contributed by atoms with Crippen molar-refractivity contribution in [3.05, 3.63) is 48.5 Å². The molecule has 0 unspecified atom stereocenters. The summed E-state index contributed by atoms with van der Waals surface area (Å²) in [7, 11) is 0. The van der Waals surface area contributed by atoms with Crippen molar-refractivity contribution in [3.63, 3.8) is 0 Å². The Hall–Kier alpha value is -5.26. The molecule has 0 aliphatic carbocycles. The predicted molar refractivity (Wildman–Crippen MR) is 162 cm³/mol. The number of nitrogens with zero attached hydrogens (tertiary/aromatic N) is 2. The molecule has 0 radical (unpaired) electrons. The number of rotatable bonds is 22. The van der Waals surface area contributed by atoms with Crippen LogP contribution < -0.4 is 18.9 Å². The van der Waals surface area contributed by atoms with Gasteiger partial charge in [-0.15, -0.1) is 10.1 Å². The molecular weight excluding hydrogens is 652 g/mol. The summed E-state index contributed by atoms with van der Waals surface area (Å²) in [5, 5.41) is 0.934. The van der Waals surface area contributed by atoms with Gasteiger partial charge in [0.1, 0.15) is 36.2 Å². The molecule has 49 heavy (non-hydrogen) atoms. The highest BCUT2D eigenvalue weighted by atomic mass is 16.7. The van der Waals surface area contributed by atoms with Crippen LogP contribution in [0.2, 0.25) is 0 Å². The molecule has 0 N–H and O–H groups in total. The Balaban J connectivity index is 0.924. The largest absolute Gasteiger partial charge is 0.491 e. The Morgan fingerprint density at radius 1 is 0.429 bits per heavy atom. The molecular formula is C32H36N2O15. The molecule has 0 atom stereocenters. The van der Waals surface area contributed by atoms with Gasteiger partial charge in [0.2, 0.25) is 0 Å².